The van der Waals surface area contributed by atoms with Crippen LogP contribution in [-0.2, 0) is 11.8 Å². The first-order chi connectivity index (χ1) is 16.2. The summed E-state index contributed by atoms with van der Waals surface area (Å²) in [6, 6.07) is 12.6. The maximum absolute atomic E-state index is 13.7. The molecule has 3 rings (SSSR count). The lowest BCUT2D eigenvalue weighted by Crippen LogP contribution is -2.27. The second kappa shape index (κ2) is 10.6. The molecule has 0 aliphatic carbocycles. The van der Waals surface area contributed by atoms with E-state index in [1.807, 2.05) is 0 Å². The van der Waals surface area contributed by atoms with Crippen molar-refractivity contribution in [3.8, 4) is 23.5 Å². The molecule has 9 heteroatoms. The van der Waals surface area contributed by atoms with Gasteiger partial charge in [-0.3, -0.25) is 4.79 Å². The highest BCUT2D eigenvalue weighted by molar-refractivity contribution is 5.98. The van der Waals surface area contributed by atoms with E-state index in [0.29, 0.717) is 22.4 Å². The van der Waals surface area contributed by atoms with E-state index in [9.17, 15) is 18.4 Å². The Kier molecular flexibility index (Phi) is 7.64. The fraction of sp³-hybridized carbons (Fsp3) is 0.240. The zero-order chi connectivity index (χ0) is 24.8. The normalized spacial score (nSPS) is 11.4. The van der Waals surface area contributed by atoms with Gasteiger partial charge in [0.2, 0.25) is 5.88 Å². The number of carbonyl (C=O) groups is 2. The van der Waals surface area contributed by atoms with Crippen LogP contribution in [0.3, 0.4) is 0 Å². The van der Waals surface area contributed by atoms with E-state index in [2.05, 4.69) is 27.0 Å². The van der Waals surface area contributed by atoms with Crippen LogP contribution in [0.5, 0.6) is 11.6 Å². The Hall–Kier alpha value is -4.19. The molecule has 0 saturated carbocycles. The van der Waals surface area contributed by atoms with Crippen LogP contribution in [0.25, 0.3) is 0 Å². The first-order valence-electron chi connectivity index (χ1n) is 10.3. The lowest BCUT2D eigenvalue weighted by atomic mass is 10.1. The topological polar surface area (TPSA) is 82.4 Å². The van der Waals surface area contributed by atoms with Gasteiger partial charge < -0.3 is 14.8 Å². The van der Waals surface area contributed by atoms with Crippen LogP contribution in [0.4, 0.5) is 8.78 Å². The lowest BCUT2D eigenvalue weighted by molar-refractivity contribution is 0.0600. The van der Waals surface area contributed by atoms with E-state index >= 15 is 0 Å². The summed E-state index contributed by atoms with van der Waals surface area (Å²) in [7, 11) is 2.70. The van der Waals surface area contributed by atoms with Gasteiger partial charge in [0.15, 0.2) is 0 Å². The van der Waals surface area contributed by atoms with E-state index in [1.165, 1.54) is 14.2 Å². The molecule has 0 aliphatic heterocycles. The summed E-state index contributed by atoms with van der Waals surface area (Å²) in [5, 5.41) is 6.51. The highest BCUT2D eigenvalue weighted by atomic mass is 19.3. The van der Waals surface area contributed by atoms with Crippen molar-refractivity contribution in [3.63, 3.8) is 0 Å². The number of aryl methyl sites for hydroxylation is 1. The van der Waals surface area contributed by atoms with Crippen LogP contribution in [0.15, 0.2) is 48.5 Å². The van der Waals surface area contributed by atoms with Gasteiger partial charge in [0, 0.05) is 12.6 Å². The summed E-state index contributed by atoms with van der Waals surface area (Å²) >= 11 is 0. The number of rotatable bonds is 7. The fourth-order valence-corrected chi connectivity index (χ4v) is 3.28. The Labute approximate surface area is 195 Å². The number of hydrogen-bond donors (Lipinski definition) is 1. The number of methoxy groups -OCH3 is 1. The minimum Gasteiger partial charge on any atom is -0.465 e. The van der Waals surface area contributed by atoms with Crippen LogP contribution in [0, 0.1) is 11.8 Å². The SMILES string of the molecule is CC#Cc1cccc(Oc2c(C(=O)N[C@@H](C)c3ccc(C(=O)OC)cc3)c(C(F)F)nn2C)c1. The quantitative estimate of drug-likeness (QED) is 0.399. The van der Waals surface area contributed by atoms with Gasteiger partial charge in [0.1, 0.15) is 17.0 Å². The summed E-state index contributed by atoms with van der Waals surface area (Å²) in [6.45, 7) is 3.38. The molecule has 2 aromatic carbocycles. The first-order valence-corrected chi connectivity index (χ1v) is 10.3. The van der Waals surface area contributed by atoms with E-state index in [4.69, 9.17) is 4.74 Å². The number of aromatic nitrogens is 2. The summed E-state index contributed by atoms with van der Waals surface area (Å²) in [5.41, 5.74) is 0.640. The fourth-order valence-electron chi connectivity index (χ4n) is 3.28. The van der Waals surface area contributed by atoms with Gasteiger partial charge in [-0.05, 0) is 49.7 Å². The van der Waals surface area contributed by atoms with E-state index in [0.717, 1.165) is 4.68 Å². The molecule has 0 spiro atoms. The van der Waals surface area contributed by atoms with Gasteiger partial charge in [-0.15, -0.1) is 5.92 Å². The average molecular weight is 467 g/mol. The Morgan fingerprint density at radius 3 is 2.47 bits per heavy atom. The van der Waals surface area contributed by atoms with Crippen molar-refractivity contribution in [1.82, 2.24) is 15.1 Å². The summed E-state index contributed by atoms with van der Waals surface area (Å²) < 4.78 is 39.0. The molecule has 0 aliphatic rings. The number of nitrogens with one attached hydrogen (secondary N) is 1. The summed E-state index contributed by atoms with van der Waals surface area (Å²) in [5.74, 6) is 4.60. The minimum absolute atomic E-state index is 0.123. The molecular formula is C25H23F2N3O4. The van der Waals surface area contributed by atoms with Crippen molar-refractivity contribution in [2.45, 2.75) is 26.3 Å². The first kappa shape index (κ1) is 24.5. The number of benzene rings is 2. The number of carbonyl (C=O) groups excluding carboxylic acids is 2. The number of halogens is 2. The molecule has 0 saturated heterocycles. The molecule has 1 heterocycles. The van der Waals surface area contributed by atoms with Crippen LogP contribution < -0.4 is 10.1 Å². The molecule has 7 nitrogen and oxygen atoms in total. The zero-order valence-electron chi connectivity index (χ0n) is 19.1. The molecule has 1 amide bonds. The molecule has 0 bridgehead atoms. The van der Waals surface area contributed by atoms with Gasteiger partial charge in [0.25, 0.3) is 12.3 Å². The number of esters is 1. The predicted octanol–water partition coefficient (Wildman–Crippen LogP) is 4.80. The number of amides is 1. The Bertz CT molecular complexity index is 1260. The standard InChI is InChI=1S/C25H23F2N3O4/c1-5-7-16-8-6-9-19(14-16)34-24-20(21(22(26)27)29-30(24)3)23(31)28-15(2)17-10-12-18(13-11-17)25(32)33-4/h6,8-15,22H,1-4H3,(H,28,31)/t15-/m0/s1. The zero-order valence-corrected chi connectivity index (χ0v) is 19.1. The highest BCUT2D eigenvalue weighted by Gasteiger charge is 2.30. The van der Waals surface area contributed by atoms with Gasteiger partial charge >= 0.3 is 5.97 Å². The molecule has 0 unspecified atom stereocenters. The maximum Gasteiger partial charge on any atom is 0.337 e. The minimum atomic E-state index is -2.99. The van der Waals surface area contributed by atoms with Crippen LogP contribution in [0.1, 0.15) is 63.9 Å². The van der Waals surface area contributed by atoms with Crippen molar-refractivity contribution >= 4 is 11.9 Å². The molecule has 0 radical (unpaired) electrons. The second-order valence-corrected chi connectivity index (χ2v) is 7.30. The molecule has 1 N–H and O–H groups in total. The molecule has 34 heavy (non-hydrogen) atoms. The molecule has 176 valence electrons. The van der Waals surface area contributed by atoms with Crippen molar-refractivity contribution in [1.29, 1.82) is 0 Å². The molecule has 0 fully saturated rings. The molecule has 1 atom stereocenters. The highest BCUT2D eigenvalue weighted by Crippen LogP contribution is 2.33. The smallest absolute Gasteiger partial charge is 0.337 e. The lowest BCUT2D eigenvalue weighted by Gasteiger charge is -2.16. The largest absolute Gasteiger partial charge is 0.465 e. The number of ether oxygens (including phenoxy) is 2. The van der Waals surface area contributed by atoms with Crippen LogP contribution in [-0.4, -0.2) is 28.8 Å². The van der Waals surface area contributed by atoms with Crippen molar-refractivity contribution < 1.29 is 27.8 Å². The van der Waals surface area contributed by atoms with Crippen LogP contribution in [0.2, 0.25) is 0 Å². The molecule has 3 aromatic rings. The number of alkyl halides is 2. The van der Waals surface area contributed by atoms with Crippen molar-refractivity contribution in [2.75, 3.05) is 7.11 Å². The average Bonchev–Trinajstić information content (AvgIpc) is 3.15. The Morgan fingerprint density at radius 2 is 1.85 bits per heavy atom. The molecule has 1 aromatic heterocycles. The maximum atomic E-state index is 13.7. The Morgan fingerprint density at radius 1 is 1.15 bits per heavy atom. The van der Waals surface area contributed by atoms with Gasteiger partial charge in [-0.1, -0.05) is 24.1 Å². The molecular weight excluding hydrogens is 444 g/mol. The van der Waals surface area contributed by atoms with E-state index in [1.54, 1.807) is 62.4 Å². The third kappa shape index (κ3) is 5.41. The third-order valence-corrected chi connectivity index (χ3v) is 4.95. The third-order valence-electron chi connectivity index (χ3n) is 4.95. The van der Waals surface area contributed by atoms with Gasteiger partial charge in [0.05, 0.1) is 18.7 Å². The number of hydrogen-bond acceptors (Lipinski definition) is 5. The van der Waals surface area contributed by atoms with Crippen molar-refractivity contribution in [2.24, 2.45) is 7.05 Å². The predicted molar refractivity (Wildman–Crippen MR) is 121 cm³/mol. The monoisotopic (exact) mass is 467 g/mol. The van der Waals surface area contributed by atoms with Crippen molar-refractivity contribution in [3.05, 3.63) is 76.5 Å². The van der Waals surface area contributed by atoms with E-state index in [-0.39, 0.29) is 11.4 Å². The number of nitrogens with zero attached hydrogens (tertiary/aromatic N) is 2. The summed E-state index contributed by atoms with van der Waals surface area (Å²) in [4.78, 5) is 24.7. The van der Waals surface area contributed by atoms with Gasteiger partial charge in [-0.2, -0.15) is 5.10 Å². The van der Waals surface area contributed by atoms with Crippen LogP contribution >= 0.6 is 0 Å². The second-order valence-electron chi connectivity index (χ2n) is 7.30. The Balaban J connectivity index is 1.90. The van der Waals surface area contributed by atoms with E-state index < -0.39 is 30.0 Å². The van der Waals surface area contributed by atoms with Gasteiger partial charge in [-0.25, -0.2) is 18.3 Å². The summed E-state index contributed by atoms with van der Waals surface area (Å²) in [6.07, 6.45) is -2.99.